The standard InChI is InChI=1S/C37H36N8O8S.2CO2.O3S/c1-24-18-27(32(53-16-7-17-54(50,51)52)22-31(24)44-43-30-11-6-8-26(20-30)36(48)49)21-34-38-33(39-37(40-34)45(2)23-35(46)47)19-25-12-14-29(15-13-25)42-41-28-9-4-3-5-10-28;2*2-1-3;1-4(2)3/h3-6,8-15,18,20,22H,7,16-17,19,21,23H2,1-2H3,(H,46,47)(H,48,49)(H,50,51,52);;;. The Morgan fingerprint density at radius 3 is 1.86 bits per heavy atom. The Morgan fingerprint density at radius 2 is 1.30 bits per heavy atom. The van der Waals surface area contributed by atoms with Crippen molar-refractivity contribution in [3.63, 3.8) is 0 Å². The minimum atomic E-state index is -4.21. The highest BCUT2D eigenvalue weighted by molar-refractivity contribution is 7.85. The van der Waals surface area contributed by atoms with Crippen molar-refractivity contribution in [1.29, 1.82) is 0 Å². The summed E-state index contributed by atoms with van der Waals surface area (Å²) in [4.78, 5) is 70.7. The van der Waals surface area contributed by atoms with E-state index in [1.807, 2.05) is 54.6 Å². The number of aryl methyl sites for hydroxylation is 1. The average molecular weight is 921 g/mol. The molecule has 0 aliphatic heterocycles. The van der Waals surface area contributed by atoms with Crippen LogP contribution in [0.1, 0.15) is 45.1 Å². The molecule has 0 unspecified atom stereocenters. The van der Waals surface area contributed by atoms with Gasteiger partial charge in [-0.1, -0.05) is 36.4 Å². The fourth-order valence-corrected chi connectivity index (χ4v) is 5.54. The normalized spacial score (nSPS) is 10.4. The number of rotatable bonds is 17. The van der Waals surface area contributed by atoms with Gasteiger partial charge in [-0.25, -0.2) is 9.78 Å². The maximum Gasteiger partial charge on any atom is 0.425 e. The molecule has 0 spiro atoms. The summed E-state index contributed by atoms with van der Waals surface area (Å²) in [6.07, 6.45) is 0.895. The lowest BCUT2D eigenvalue weighted by Crippen LogP contribution is -2.28. The molecule has 0 aliphatic carbocycles. The van der Waals surface area contributed by atoms with E-state index >= 15 is 0 Å². The monoisotopic (exact) mass is 920 g/mol. The van der Waals surface area contributed by atoms with E-state index in [4.69, 9.17) is 41.5 Å². The van der Waals surface area contributed by atoms with Crippen LogP contribution >= 0.6 is 0 Å². The van der Waals surface area contributed by atoms with Crippen LogP contribution in [-0.4, -0.2) is 101 Å². The van der Waals surface area contributed by atoms with Gasteiger partial charge in [-0.15, -0.1) is 12.6 Å². The molecule has 1 heterocycles. The van der Waals surface area contributed by atoms with E-state index in [0.717, 1.165) is 11.3 Å². The summed E-state index contributed by atoms with van der Waals surface area (Å²) >= 11 is 0. The molecule has 0 saturated heterocycles. The quantitative estimate of drug-likeness (QED) is 0.0634. The highest BCUT2D eigenvalue weighted by Crippen LogP contribution is 2.32. The van der Waals surface area contributed by atoms with Gasteiger partial charge < -0.3 is 19.8 Å². The summed E-state index contributed by atoms with van der Waals surface area (Å²) in [5.74, 6) is -1.54. The Kier molecular flexibility index (Phi) is 22.0. The van der Waals surface area contributed by atoms with Crippen molar-refractivity contribution in [2.45, 2.75) is 26.2 Å². The maximum absolute atomic E-state index is 11.6. The topological polar surface area (TPSA) is 349 Å². The first-order chi connectivity index (χ1) is 30.4. The number of benzene rings is 4. The largest absolute Gasteiger partial charge is 0.493 e. The zero-order valence-electron chi connectivity index (χ0n) is 33.5. The molecule has 0 amide bonds. The molecule has 0 saturated carbocycles. The van der Waals surface area contributed by atoms with Gasteiger partial charge in [-0.05, 0) is 73.0 Å². The summed E-state index contributed by atoms with van der Waals surface area (Å²) in [7, 11) is -5.76. The molecule has 0 atom stereocenters. The second-order valence-electron chi connectivity index (χ2n) is 12.4. The van der Waals surface area contributed by atoms with Gasteiger partial charge in [0, 0.05) is 31.5 Å². The number of carbonyl (C=O) groups excluding carboxylic acids is 4. The molecule has 0 fully saturated rings. The predicted molar refractivity (Wildman–Crippen MR) is 218 cm³/mol. The van der Waals surface area contributed by atoms with Gasteiger partial charge in [-0.2, -0.15) is 58.0 Å². The Hall–Kier alpha value is -8.08. The molecule has 1 aromatic heterocycles. The minimum Gasteiger partial charge on any atom is -0.493 e. The first kappa shape index (κ1) is 52.1. The van der Waals surface area contributed by atoms with E-state index in [0.29, 0.717) is 52.0 Å². The summed E-state index contributed by atoms with van der Waals surface area (Å²) in [5.41, 5.74) is 4.27. The van der Waals surface area contributed by atoms with E-state index in [9.17, 15) is 32.8 Å². The number of ether oxygens (including phenoxy) is 1. The second-order valence-corrected chi connectivity index (χ2v) is 14.4. The number of likely N-dealkylation sites (N-methyl/N-ethyl adjacent to an activating group) is 1. The number of carboxylic acids is 2. The maximum atomic E-state index is 11.6. The van der Waals surface area contributed by atoms with Gasteiger partial charge in [0.2, 0.25) is 5.95 Å². The number of azo groups is 2. The van der Waals surface area contributed by atoms with Crippen molar-refractivity contribution in [2.24, 2.45) is 20.5 Å². The Bertz CT molecular complexity index is 2710. The average Bonchev–Trinajstić information content (AvgIpc) is 3.22. The molecule has 334 valence electrons. The summed E-state index contributed by atoms with van der Waals surface area (Å²) < 4.78 is 63.1. The molecule has 5 rings (SSSR count). The lowest BCUT2D eigenvalue weighted by atomic mass is 10.1. The molecule has 5 aromatic rings. The van der Waals surface area contributed by atoms with Gasteiger partial charge in [0.1, 0.15) is 23.9 Å². The third-order valence-corrected chi connectivity index (χ3v) is 8.47. The van der Waals surface area contributed by atoms with Crippen LogP contribution in [0.15, 0.2) is 111 Å². The number of nitrogens with zero attached hydrogens (tertiary/aromatic N) is 8. The SMILES string of the molecule is Cc1cc(Cc2nc(Cc3ccc(N=Nc4ccccc4)cc3)nc(N(C)CC(=O)O)n2)c(OCCCS(=O)(=O)O)cc1N=Nc1cccc(C(=O)O)c1.O=C=O.O=C=O.O=S(=O)=O. The van der Waals surface area contributed by atoms with Crippen LogP contribution in [0.4, 0.5) is 28.7 Å². The van der Waals surface area contributed by atoms with Gasteiger partial charge in [-0.3, -0.25) is 9.35 Å². The first-order valence-electron chi connectivity index (χ1n) is 17.8. The third kappa shape index (κ3) is 20.5. The number of anilines is 1. The van der Waals surface area contributed by atoms with E-state index < -0.39 is 38.4 Å². The van der Waals surface area contributed by atoms with Crippen LogP contribution in [0.2, 0.25) is 0 Å². The summed E-state index contributed by atoms with van der Waals surface area (Å²) in [6.45, 7) is 1.37. The van der Waals surface area contributed by atoms with Crippen LogP contribution in [0.3, 0.4) is 0 Å². The highest BCUT2D eigenvalue weighted by atomic mass is 32.2. The van der Waals surface area contributed by atoms with Crippen LogP contribution in [0, 0.1) is 6.92 Å². The number of aromatic nitrogens is 3. The number of carboxylic acid groups (broad SMARTS) is 2. The molecule has 3 N–H and O–H groups in total. The summed E-state index contributed by atoms with van der Waals surface area (Å²) in [6, 6.07) is 26.1. The van der Waals surface area contributed by atoms with Gasteiger partial charge in [0.25, 0.3) is 10.1 Å². The number of hydrogen-bond acceptors (Lipinski definition) is 20. The zero-order valence-corrected chi connectivity index (χ0v) is 35.2. The van der Waals surface area contributed by atoms with Gasteiger partial charge in [0.05, 0.1) is 40.7 Å². The molecule has 0 radical (unpaired) electrons. The molecule has 4 aromatic carbocycles. The van der Waals surface area contributed by atoms with Crippen LogP contribution in [0.25, 0.3) is 0 Å². The molecular weight excluding hydrogens is 885 g/mol. The second kappa shape index (κ2) is 27.0. The molecule has 64 heavy (non-hydrogen) atoms. The molecule has 0 bridgehead atoms. The van der Waals surface area contributed by atoms with E-state index in [1.165, 1.54) is 17.0 Å². The van der Waals surface area contributed by atoms with Crippen molar-refractivity contribution in [3.8, 4) is 5.75 Å². The first-order valence-corrected chi connectivity index (χ1v) is 20.4. The van der Waals surface area contributed by atoms with Crippen molar-refractivity contribution in [1.82, 2.24) is 15.0 Å². The Balaban J connectivity index is 0.00000128. The molecule has 25 heteroatoms. The predicted octanol–water partition coefficient (Wildman–Crippen LogP) is 4.90. The van der Waals surface area contributed by atoms with E-state index in [-0.39, 0.29) is 49.8 Å². The van der Waals surface area contributed by atoms with Gasteiger partial charge in [0.15, 0.2) is 0 Å². The molecular formula is C39H36N8O15S2. The van der Waals surface area contributed by atoms with E-state index in [1.54, 1.807) is 38.2 Å². The molecule has 23 nitrogen and oxygen atoms in total. The lowest BCUT2D eigenvalue weighted by molar-refractivity contribution is -0.193. The minimum absolute atomic E-state index is 0.00254. The Labute approximate surface area is 365 Å². The number of aliphatic carboxylic acids is 1. The number of carbonyl (C=O) groups is 2. The Morgan fingerprint density at radius 1 is 0.750 bits per heavy atom. The summed E-state index contributed by atoms with van der Waals surface area (Å²) in [5, 5.41) is 35.8. The lowest BCUT2D eigenvalue weighted by Gasteiger charge is -2.17. The van der Waals surface area contributed by atoms with Crippen LogP contribution in [-0.2, 0) is 57.5 Å². The smallest absolute Gasteiger partial charge is 0.425 e. The van der Waals surface area contributed by atoms with Crippen LogP contribution in [0.5, 0.6) is 5.75 Å². The highest BCUT2D eigenvalue weighted by Gasteiger charge is 2.17. The fraction of sp³-hybridized carbons (Fsp3) is 0.205. The van der Waals surface area contributed by atoms with Crippen molar-refractivity contribution in [3.05, 3.63) is 125 Å². The van der Waals surface area contributed by atoms with Crippen LogP contribution < -0.4 is 9.64 Å². The third-order valence-electron chi connectivity index (χ3n) is 7.66. The zero-order chi connectivity index (χ0) is 47.7. The van der Waals surface area contributed by atoms with Crippen molar-refractivity contribution in [2.75, 3.05) is 30.9 Å². The van der Waals surface area contributed by atoms with E-state index in [2.05, 4.69) is 30.4 Å². The van der Waals surface area contributed by atoms with Crippen molar-refractivity contribution < 1.29 is 69.3 Å². The molecule has 0 aliphatic rings. The fourth-order valence-electron chi connectivity index (χ4n) is 5.05. The number of aromatic carboxylic acids is 1. The van der Waals surface area contributed by atoms with Gasteiger partial charge >= 0.3 is 34.9 Å². The van der Waals surface area contributed by atoms with Crippen molar-refractivity contribution >= 4 is 73.7 Å². The number of hydrogen-bond donors (Lipinski definition) is 3.